The first-order valence-corrected chi connectivity index (χ1v) is 7.07. The molecule has 0 radical (unpaired) electrons. The Bertz CT molecular complexity index is 311. The molecule has 0 bridgehead atoms. The van der Waals surface area contributed by atoms with Crippen molar-refractivity contribution < 1.29 is 5.11 Å². The third-order valence-electron chi connectivity index (χ3n) is 2.72. The molecule has 2 rings (SSSR count). The van der Waals surface area contributed by atoms with Gasteiger partial charge >= 0.3 is 0 Å². The Morgan fingerprint density at radius 3 is 3.07 bits per heavy atom. The SMILES string of the molecule is OC(Cc1ccc(Br)cn1)C1CCSC1. The monoisotopic (exact) mass is 287 g/mol. The van der Waals surface area contributed by atoms with E-state index >= 15 is 0 Å². The summed E-state index contributed by atoms with van der Waals surface area (Å²) in [6, 6.07) is 3.94. The molecule has 1 aromatic heterocycles. The lowest BCUT2D eigenvalue weighted by Crippen LogP contribution is -2.22. The van der Waals surface area contributed by atoms with Crippen molar-refractivity contribution in [2.45, 2.75) is 18.9 Å². The van der Waals surface area contributed by atoms with Crippen LogP contribution in [0.15, 0.2) is 22.8 Å². The minimum absolute atomic E-state index is 0.228. The van der Waals surface area contributed by atoms with E-state index in [1.54, 1.807) is 6.20 Å². The van der Waals surface area contributed by atoms with Crippen molar-refractivity contribution in [1.29, 1.82) is 0 Å². The van der Waals surface area contributed by atoms with E-state index in [-0.39, 0.29) is 6.10 Å². The molecule has 2 heterocycles. The van der Waals surface area contributed by atoms with Gasteiger partial charge in [0.25, 0.3) is 0 Å². The second-order valence-corrected chi connectivity index (χ2v) is 5.93. The number of thioether (sulfide) groups is 1. The number of nitrogens with zero attached hydrogens (tertiary/aromatic N) is 1. The second-order valence-electron chi connectivity index (χ2n) is 3.86. The van der Waals surface area contributed by atoms with E-state index in [1.165, 1.54) is 5.75 Å². The molecule has 0 aliphatic carbocycles. The molecule has 1 saturated heterocycles. The quantitative estimate of drug-likeness (QED) is 0.927. The number of hydrogen-bond donors (Lipinski definition) is 1. The van der Waals surface area contributed by atoms with Crippen molar-refractivity contribution >= 4 is 27.7 Å². The summed E-state index contributed by atoms with van der Waals surface area (Å²) in [5.41, 5.74) is 0.975. The van der Waals surface area contributed by atoms with Crippen LogP contribution in [0.25, 0.3) is 0 Å². The number of rotatable bonds is 3. The minimum atomic E-state index is -0.228. The standard InChI is InChI=1S/C11H14BrNOS/c12-9-1-2-10(13-6-9)5-11(14)8-3-4-15-7-8/h1-2,6,8,11,14H,3-5,7H2. The van der Waals surface area contributed by atoms with E-state index < -0.39 is 0 Å². The van der Waals surface area contributed by atoms with Crippen LogP contribution >= 0.6 is 27.7 Å². The molecule has 2 nitrogen and oxygen atoms in total. The van der Waals surface area contributed by atoms with Crippen molar-refractivity contribution in [3.8, 4) is 0 Å². The highest BCUT2D eigenvalue weighted by molar-refractivity contribution is 9.10. The van der Waals surface area contributed by atoms with Gasteiger partial charge in [-0.3, -0.25) is 4.98 Å². The summed E-state index contributed by atoms with van der Waals surface area (Å²) in [5.74, 6) is 2.74. The number of aromatic nitrogens is 1. The van der Waals surface area contributed by atoms with Crippen molar-refractivity contribution in [1.82, 2.24) is 4.98 Å². The average Bonchev–Trinajstić information content (AvgIpc) is 2.74. The molecule has 0 amide bonds. The number of pyridine rings is 1. The predicted octanol–water partition coefficient (Wildman–Crippen LogP) is 2.50. The zero-order valence-electron chi connectivity index (χ0n) is 8.40. The summed E-state index contributed by atoms with van der Waals surface area (Å²) < 4.78 is 0.983. The summed E-state index contributed by atoms with van der Waals surface area (Å²) in [7, 11) is 0. The molecule has 0 saturated carbocycles. The van der Waals surface area contributed by atoms with Crippen LogP contribution in [0, 0.1) is 5.92 Å². The first kappa shape index (κ1) is 11.4. The van der Waals surface area contributed by atoms with Gasteiger partial charge in [0.05, 0.1) is 6.10 Å². The van der Waals surface area contributed by atoms with Crippen LogP contribution in [0.2, 0.25) is 0 Å². The van der Waals surface area contributed by atoms with Crippen LogP contribution in [0.5, 0.6) is 0 Å². The highest BCUT2D eigenvalue weighted by atomic mass is 79.9. The minimum Gasteiger partial charge on any atom is -0.392 e. The molecule has 4 heteroatoms. The van der Waals surface area contributed by atoms with Gasteiger partial charge in [0.1, 0.15) is 0 Å². The van der Waals surface area contributed by atoms with E-state index in [9.17, 15) is 5.11 Å². The maximum absolute atomic E-state index is 10.0. The Labute approximate surface area is 103 Å². The van der Waals surface area contributed by atoms with Gasteiger partial charge in [-0.2, -0.15) is 11.8 Å². The molecule has 1 aliphatic rings. The lowest BCUT2D eigenvalue weighted by Gasteiger charge is -2.16. The zero-order chi connectivity index (χ0) is 10.7. The Morgan fingerprint density at radius 1 is 1.60 bits per heavy atom. The topological polar surface area (TPSA) is 33.1 Å². The summed E-state index contributed by atoms with van der Waals surface area (Å²) in [6.45, 7) is 0. The first-order chi connectivity index (χ1) is 7.25. The van der Waals surface area contributed by atoms with Crippen LogP contribution in [0.3, 0.4) is 0 Å². The van der Waals surface area contributed by atoms with E-state index in [2.05, 4.69) is 20.9 Å². The van der Waals surface area contributed by atoms with Crippen molar-refractivity contribution in [2.24, 2.45) is 5.92 Å². The molecule has 1 aromatic rings. The first-order valence-electron chi connectivity index (χ1n) is 5.12. The fourth-order valence-corrected chi connectivity index (χ4v) is 3.33. The Balaban J connectivity index is 1.92. The molecule has 1 N–H and O–H groups in total. The van der Waals surface area contributed by atoms with Crippen LogP contribution in [0.4, 0.5) is 0 Å². The fourth-order valence-electron chi connectivity index (χ4n) is 1.76. The highest BCUT2D eigenvalue weighted by Gasteiger charge is 2.23. The average molecular weight is 288 g/mol. The molecule has 1 aliphatic heterocycles. The van der Waals surface area contributed by atoms with Crippen molar-refractivity contribution in [3.05, 3.63) is 28.5 Å². The molecule has 0 spiro atoms. The van der Waals surface area contributed by atoms with Gasteiger partial charge in [0, 0.05) is 22.8 Å². The maximum Gasteiger partial charge on any atom is 0.0631 e. The maximum atomic E-state index is 10.0. The molecule has 82 valence electrons. The molecular formula is C11H14BrNOS. The van der Waals surface area contributed by atoms with Crippen molar-refractivity contribution in [2.75, 3.05) is 11.5 Å². The number of halogens is 1. The van der Waals surface area contributed by atoms with Crippen LogP contribution < -0.4 is 0 Å². The van der Waals surface area contributed by atoms with Crippen LogP contribution in [-0.4, -0.2) is 27.7 Å². The second kappa shape index (κ2) is 5.32. The smallest absolute Gasteiger partial charge is 0.0631 e. The lowest BCUT2D eigenvalue weighted by atomic mass is 9.98. The molecule has 2 unspecified atom stereocenters. The summed E-state index contributed by atoms with van der Waals surface area (Å²) in [6.07, 6.45) is 3.38. The summed E-state index contributed by atoms with van der Waals surface area (Å²) in [5, 5.41) is 10.0. The molecule has 2 atom stereocenters. The van der Waals surface area contributed by atoms with Gasteiger partial charge in [-0.1, -0.05) is 0 Å². The highest BCUT2D eigenvalue weighted by Crippen LogP contribution is 2.27. The van der Waals surface area contributed by atoms with Gasteiger partial charge in [-0.15, -0.1) is 0 Å². The normalized spacial score (nSPS) is 22.9. The number of aliphatic hydroxyl groups excluding tert-OH is 1. The van der Waals surface area contributed by atoms with E-state index in [4.69, 9.17) is 0 Å². The Hall–Kier alpha value is -0.0600. The third-order valence-corrected chi connectivity index (χ3v) is 4.37. The molecule has 0 aromatic carbocycles. The van der Waals surface area contributed by atoms with E-state index in [0.717, 1.165) is 22.3 Å². The van der Waals surface area contributed by atoms with Gasteiger partial charge < -0.3 is 5.11 Å². The Morgan fingerprint density at radius 2 is 2.47 bits per heavy atom. The lowest BCUT2D eigenvalue weighted by molar-refractivity contribution is 0.119. The third kappa shape index (κ3) is 3.20. The van der Waals surface area contributed by atoms with Gasteiger partial charge in [-0.25, -0.2) is 0 Å². The summed E-state index contributed by atoms with van der Waals surface area (Å²) >= 11 is 5.29. The van der Waals surface area contributed by atoms with Gasteiger partial charge in [-0.05, 0) is 51.9 Å². The van der Waals surface area contributed by atoms with Crippen molar-refractivity contribution in [3.63, 3.8) is 0 Å². The van der Waals surface area contributed by atoms with E-state index in [1.807, 2.05) is 23.9 Å². The van der Waals surface area contributed by atoms with E-state index in [0.29, 0.717) is 12.3 Å². The van der Waals surface area contributed by atoms with Gasteiger partial charge in [0.2, 0.25) is 0 Å². The summed E-state index contributed by atoms with van der Waals surface area (Å²) in [4.78, 5) is 4.28. The number of aliphatic hydroxyl groups is 1. The van der Waals surface area contributed by atoms with Crippen LogP contribution in [-0.2, 0) is 6.42 Å². The van der Waals surface area contributed by atoms with Crippen LogP contribution in [0.1, 0.15) is 12.1 Å². The largest absolute Gasteiger partial charge is 0.392 e. The van der Waals surface area contributed by atoms with Gasteiger partial charge in [0.15, 0.2) is 0 Å². The Kier molecular flexibility index (Phi) is 4.05. The zero-order valence-corrected chi connectivity index (χ0v) is 10.8. The predicted molar refractivity (Wildman–Crippen MR) is 67.1 cm³/mol. The molecular weight excluding hydrogens is 274 g/mol. The molecule has 15 heavy (non-hydrogen) atoms. The fraction of sp³-hybridized carbons (Fsp3) is 0.545. The number of hydrogen-bond acceptors (Lipinski definition) is 3. The molecule has 1 fully saturated rings.